The molecular formula is C33H44N2O13. The first-order valence-electron chi connectivity index (χ1n) is 15.7. The molecule has 1 unspecified atom stereocenters. The maximum atomic E-state index is 13.6. The summed E-state index contributed by atoms with van der Waals surface area (Å²) in [7, 11) is 0. The standard InChI is InChI=1S/C33H44N2O13/c36-9-17-45-13-5-34(6-14-46-18-10-37)23-1-3-25(27(40)21-23)29-31(42)30(33(44)32(29)43)26-4-2-24(22-28(26)41)35(7-15-47-19-11-38)8-16-48-20-12-39/h1-4,21-22,29,36-40H,5-20H2/b30-26-. The Morgan fingerprint density at radius 1 is 0.729 bits per heavy atom. The molecule has 0 bridgehead atoms. The molecule has 48 heavy (non-hydrogen) atoms. The fraction of sp³-hybridized carbons (Fsp3) is 0.515. The number of Topliss-reactive ketones (excluding diaryl/α,β-unsaturated/α-hetero) is 3. The monoisotopic (exact) mass is 676 g/mol. The molecule has 1 atom stereocenters. The van der Waals surface area contributed by atoms with E-state index in [1.165, 1.54) is 24.3 Å². The van der Waals surface area contributed by atoms with E-state index in [2.05, 4.69) is 0 Å². The van der Waals surface area contributed by atoms with Crippen molar-refractivity contribution < 1.29 is 68.5 Å². The highest BCUT2D eigenvalue weighted by molar-refractivity contribution is 6.61. The number of allylic oxidation sites excluding steroid dienone is 4. The lowest BCUT2D eigenvalue weighted by Gasteiger charge is -2.27. The first kappa shape index (κ1) is 38.6. The van der Waals surface area contributed by atoms with Gasteiger partial charge in [-0.1, -0.05) is 6.07 Å². The lowest BCUT2D eigenvalue weighted by atomic mass is 9.92. The van der Waals surface area contributed by atoms with Crippen LogP contribution in [0.5, 0.6) is 5.75 Å². The molecule has 0 radical (unpaired) electrons. The van der Waals surface area contributed by atoms with Gasteiger partial charge in [0.15, 0.2) is 18.9 Å². The predicted octanol–water partition coefficient (Wildman–Crippen LogP) is -1.83. The molecule has 5 N–H and O–H groups in total. The SMILES string of the molecule is O=C1C(=O)C(c2ccc(N(CCOCCO)CCOCCO)cc2[O-])C(=O)/C1=C1\C=CC(=[N+](CCOCCO)CCOCCO)C=C1O. The Kier molecular flexibility index (Phi) is 16.5. The third kappa shape index (κ3) is 10.6. The molecule has 0 spiro atoms. The van der Waals surface area contributed by atoms with Crippen molar-refractivity contribution in [2.24, 2.45) is 0 Å². The van der Waals surface area contributed by atoms with Crippen LogP contribution >= 0.6 is 0 Å². The van der Waals surface area contributed by atoms with E-state index in [-0.39, 0.29) is 90.4 Å². The Morgan fingerprint density at radius 3 is 1.77 bits per heavy atom. The van der Waals surface area contributed by atoms with Crippen molar-refractivity contribution in [3.63, 3.8) is 0 Å². The van der Waals surface area contributed by atoms with Crippen LogP contribution in [0, 0.1) is 0 Å². The van der Waals surface area contributed by atoms with Crippen molar-refractivity contribution in [1.82, 2.24) is 0 Å². The first-order valence-corrected chi connectivity index (χ1v) is 15.7. The Bertz CT molecular complexity index is 1360. The summed E-state index contributed by atoms with van der Waals surface area (Å²) in [5, 5.41) is 60.1. The maximum Gasteiger partial charge on any atom is 0.234 e. The van der Waals surface area contributed by atoms with Gasteiger partial charge < -0.3 is 54.5 Å². The number of aliphatic hydroxyl groups is 5. The molecule has 0 amide bonds. The minimum absolute atomic E-state index is 0.136. The zero-order valence-electron chi connectivity index (χ0n) is 26.8. The van der Waals surface area contributed by atoms with Crippen LogP contribution < -0.4 is 10.0 Å². The highest BCUT2D eigenvalue weighted by atomic mass is 16.5. The normalized spacial score (nSPS) is 17.8. The van der Waals surface area contributed by atoms with Crippen molar-refractivity contribution in [3.05, 3.63) is 58.9 Å². The van der Waals surface area contributed by atoms with Crippen LogP contribution in [0.1, 0.15) is 11.5 Å². The van der Waals surface area contributed by atoms with Gasteiger partial charge in [0.25, 0.3) is 0 Å². The number of nitrogens with zero attached hydrogens (tertiary/aromatic N) is 2. The van der Waals surface area contributed by atoms with Crippen molar-refractivity contribution in [3.8, 4) is 5.75 Å². The van der Waals surface area contributed by atoms with Gasteiger partial charge in [0.1, 0.15) is 24.9 Å². The summed E-state index contributed by atoms with van der Waals surface area (Å²) >= 11 is 0. The number of ketones is 3. The number of benzene rings is 1. The number of rotatable bonds is 22. The Labute approximate surface area is 278 Å². The van der Waals surface area contributed by atoms with Gasteiger partial charge in [-0.15, -0.1) is 5.75 Å². The molecule has 1 saturated carbocycles. The van der Waals surface area contributed by atoms with Crippen molar-refractivity contribution in [2.75, 3.05) is 110 Å². The van der Waals surface area contributed by atoms with E-state index in [1.807, 2.05) is 0 Å². The summed E-state index contributed by atoms with van der Waals surface area (Å²) in [5.74, 6) is -5.78. The van der Waals surface area contributed by atoms with Gasteiger partial charge in [0.05, 0.1) is 77.7 Å². The third-order valence-corrected chi connectivity index (χ3v) is 7.48. The molecule has 0 heterocycles. The van der Waals surface area contributed by atoms with E-state index >= 15 is 0 Å². The summed E-state index contributed by atoms with van der Waals surface area (Å²) in [6.07, 6.45) is 4.27. The maximum absolute atomic E-state index is 13.6. The molecule has 1 aromatic carbocycles. The predicted molar refractivity (Wildman–Crippen MR) is 169 cm³/mol. The summed E-state index contributed by atoms with van der Waals surface area (Å²) in [6, 6.07) is 4.14. The van der Waals surface area contributed by atoms with E-state index in [4.69, 9.17) is 39.4 Å². The van der Waals surface area contributed by atoms with Crippen LogP contribution in [-0.4, -0.2) is 159 Å². The molecule has 15 heteroatoms. The van der Waals surface area contributed by atoms with Crippen LogP contribution in [0.25, 0.3) is 0 Å². The lowest BCUT2D eigenvalue weighted by molar-refractivity contribution is -0.532. The van der Waals surface area contributed by atoms with Gasteiger partial charge >= 0.3 is 0 Å². The molecule has 1 aromatic rings. The van der Waals surface area contributed by atoms with E-state index < -0.39 is 40.3 Å². The number of anilines is 1. The molecule has 0 saturated heterocycles. The fourth-order valence-electron chi connectivity index (χ4n) is 5.16. The van der Waals surface area contributed by atoms with Crippen LogP contribution in [-0.2, 0) is 33.3 Å². The lowest BCUT2D eigenvalue weighted by Crippen LogP contribution is -2.31. The zero-order valence-corrected chi connectivity index (χ0v) is 26.8. The summed E-state index contributed by atoms with van der Waals surface area (Å²) in [5.41, 5.74) is 0.143. The number of aliphatic hydroxyl groups excluding tert-OH is 5. The van der Waals surface area contributed by atoms with Gasteiger partial charge in [0, 0.05) is 30.4 Å². The second-order valence-electron chi connectivity index (χ2n) is 10.6. The highest BCUT2D eigenvalue weighted by Gasteiger charge is 2.47. The van der Waals surface area contributed by atoms with Crippen molar-refractivity contribution in [2.45, 2.75) is 5.92 Å². The summed E-state index contributed by atoms with van der Waals surface area (Å²) in [6.45, 7) is 2.29. The zero-order chi connectivity index (χ0) is 34.9. The van der Waals surface area contributed by atoms with Gasteiger partial charge in [-0.3, -0.25) is 14.4 Å². The van der Waals surface area contributed by atoms with Crippen LogP contribution in [0.4, 0.5) is 5.69 Å². The second-order valence-corrected chi connectivity index (χ2v) is 10.6. The summed E-state index contributed by atoms with van der Waals surface area (Å²) < 4.78 is 23.2. The van der Waals surface area contributed by atoms with E-state index in [0.717, 1.165) is 0 Å². The molecule has 3 rings (SSSR count). The molecular weight excluding hydrogens is 632 g/mol. The smallest absolute Gasteiger partial charge is 0.234 e. The Balaban J connectivity index is 1.86. The number of ether oxygens (including phenoxy) is 4. The van der Waals surface area contributed by atoms with Crippen LogP contribution in [0.2, 0.25) is 0 Å². The van der Waals surface area contributed by atoms with Crippen LogP contribution in [0.15, 0.2) is 53.3 Å². The minimum Gasteiger partial charge on any atom is -0.872 e. The molecule has 1 fully saturated rings. The van der Waals surface area contributed by atoms with E-state index in [0.29, 0.717) is 37.6 Å². The van der Waals surface area contributed by atoms with Gasteiger partial charge in [-0.25, -0.2) is 4.58 Å². The number of hydrogen-bond donors (Lipinski definition) is 5. The molecule has 0 aliphatic heterocycles. The largest absolute Gasteiger partial charge is 0.872 e. The van der Waals surface area contributed by atoms with Gasteiger partial charge in [0.2, 0.25) is 17.3 Å². The van der Waals surface area contributed by atoms with Gasteiger partial charge in [-0.2, -0.15) is 0 Å². The third-order valence-electron chi connectivity index (χ3n) is 7.48. The van der Waals surface area contributed by atoms with Gasteiger partial charge in [-0.05, 0) is 23.8 Å². The average molecular weight is 677 g/mol. The highest BCUT2D eigenvalue weighted by Crippen LogP contribution is 2.38. The average Bonchev–Trinajstić information content (AvgIpc) is 3.29. The summed E-state index contributed by atoms with van der Waals surface area (Å²) in [4.78, 5) is 41.6. The molecule has 0 aromatic heterocycles. The van der Waals surface area contributed by atoms with Crippen LogP contribution in [0.3, 0.4) is 0 Å². The number of carbonyl (C=O) groups excluding carboxylic acids is 3. The van der Waals surface area contributed by atoms with E-state index in [1.54, 1.807) is 21.6 Å². The fourth-order valence-corrected chi connectivity index (χ4v) is 5.16. The minimum atomic E-state index is -1.66. The number of carbonyl (C=O) groups is 3. The first-order chi connectivity index (χ1) is 23.3. The topological polar surface area (TPSA) is 219 Å². The Hall–Kier alpha value is -3.80. The molecule has 264 valence electrons. The number of hydrogen-bond acceptors (Lipinski definition) is 14. The van der Waals surface area contributed by atoms with Crippen molar-refractivity contribution >= 4 is 28.7 Å². The molecule has 2 aliphatic carbocycles. The molecule has 2 aliphatic rings. The quantitative estimate of drug-likeness (QED) is 0.0228. The second kappa shape index (κ2) is 20.5. The van der Waals surface area contributed by atoms with E-state index in [9.17, 15) is 24.6 Å². The van der Waals surface area contributed by atoms with Crippen molar-refractivity contribution in [1.29, 1.82) is 0 Å². The Morgan fingerprint density at radius 2 is 1.27 bits per heavy atom. The molecule has 15 nitrogen and oxygen atoms in total.